The number of halogens is 2. The minimum Gasteiger partial charge on any atom is -0.485 e. The Labute approximate surface area is 218 Å². The van der Waals surface area contributed by atoms with E-state index in [2.05, 4.69) is 80.1 Å². The van der Waals surface area contributed by atoms with Gasteiger partial charge >= 0.3 is 0 Å². The van der Waals surface area contributed by atoms with Gasteiger partial charge in [-0.25, -0.2) is 0 Å². The van der Waals surface area contributed by atoms with Gasteiger partial charge in [0.25, 0.3) is 0 Å². The molecule has 3 aromatic carbocycles. The summed E-state index contributed by atoms with van der Waals surface area (Å²) in [6.45, 7) is 4.18. The first-order chi connectivity index (χ1) is 16.5. The van der Waals surface area contributed by atoms with Crippen LogP contribution in [-0.2, 0) is 19.6 Å². The molecule has 2 heterocycles. The molecule has 3 aromatic rings. The lowest BCUT2D eigenvalue weighted by molar-refractivity contribution is 0.000926. The summed E-state index contributed by atoms with van der Waals surface area (Å²) in [4.78, 5) is 2.54. The molecule has 1 saturated heterocycles. The van der Waals surface area contributed by atoms with Gasteiger partial charge in [-0.3, -0.25) is 4.90 Å². The summed E-state index contributed by atoms with van der Waals surface area (Å²) in [6.07, 6.45) is 2.33. The van der Waals surface area contributed by atoms with Gasteiger partial charge in [-0.05, 0) is 84.8 Å². The molecular weight excluding hydrogens is 558 g/mol. The molecule has 0 bridgehead atoms. The highest BCUT2D eigenvalue weighted by atomic mass is 79.9. The monoisotopic (exact) mass is 585 g/mol. The van der Waals surface area contributed by atoms with Crippen LogP contribution in [0.25, 0.3) is 0 Å². The molecule has 178 valence electrons. The maximum absolute atomic E-state index is 10.5. The molecule has 0 spiro atoms. The lowest BCUT2D eigenvalue weighted by Crippen LogP contribution is -2.48. The highest BCUT2D eigenvalue weighted by Crippen LogP contribution is 2.44. The third-order valence-electron chi connectivity index (χ3n) is 6.89. The number of benzene rings is 3. The van der Waals surface area contributed by atoms with Crippen molar-refractivity contribution in [2.24, 2.45) is 0 Å². The molecule has 5 rings (SSSR count). The van der Waals surface area contributed by atoms with E-state index in [0.29, 0.717) is 19.3 Å². The third-order valence-corrected chi connectivity index (χ3v) is 7.95. The molecule has 0 unspecified atom stereocenters. The van der Waals surface area contributed by atoms with Crippen LogP contribution in [0.1, 0.15) is 48.1 Å². The average molecular weight is 587 g/mol. The number of rotatable bonds is 6. The Bertz CT molecular complexity index is 1130. The smallest absolute Gasteiger partial charge is 0.162 e. The van der Waals surface area contributed by atoms with Gasteiger partial charge in [-0.2, -0.15) is 0 Å². The molecule has 0 aliphatic carbocycles. The first-order valence-corrected chi connectivity index (χ1v) is 13.4. The van der Waals surface area contributed by atoms with Crippen molar-refractivity contribution in [3.05, 3.63) is 91.9 Å². The van der Waals surface area contributed by atoms with Crippen LogP contribution in [0.2, 0.25) is 0 Å². The minimum atomic E-state index is -0.261. The van der Waals surface area contributed by atoms with E-state index in [9.17, 15) is 5.11 Å². The Morgan fingerprint density at radius 1 is 0.853 bits per heavy atom. The van der Waals surface area contributed by atoms with Crippen LogP contribution in [0, 0.1) is 0 Å². The topological polar surface area (TPSA) is 41.9 Å². The molecule has 2 aliphatic heterocycles. The fraction of sp³-hybridized carbons (Fsp3) is 0.357. The van der Waals surface area contributed by atoms with Gasteiger partial charge < -0.3 is 14.6 Å². The second kappa shape index (κ2) is 10.4. The van der Waals surface area contributed by atoms with Gasteiger partial charge in [0.2, 0.25) is 0 Å². The van der Waals surface area contributed by atoms with Crippen molar-refractivity contribution in [3.8, 4) is 11.5 Å². The molecule has 3 atom stereocenters. The standard InChI is InChI=1S/C28H29Br2NO3/c1-18-12-24(32)14-26-25-15-28(34-17-20-4-8-23(30)9-5-20)27(13-21(25)10-11-31(18)26)33-16-19-2-6-22(29)7-3-19/h2-9,13,15,18,24,26,32H,10-12,14,16-17H2,1H3/t18-,24-,26+/m1/s1. The van der Waals surface area contributed by atoms with Crippen LogP contribution in [0.15, 0.2) is 69.6 Å². The van der Waals surface area contributed by atoms with Gasteiger partial charge in [0.1, 0.15) is 13.2 Å². The molecule has 0 radical (unpaired) electrons. The predicted octanol–water partition coefficient (Wildman–Crippen LogP) is 6.81. The van der Waals surface area contributed by atoms with E-state index >= 15 is 0 Å². The summed E-state index contributed by atoms with van der Waals surface area (Å²) in [6, 6.07) is 21.3. The Morgan fingerprint density at radius 3 is 2.00 bits per heavy atom. The molecule has 1 N–H and O–H groups in total. The number of piperidine rings is 1. The quantitative estimate of drug-likeness (QED) is 0.344. The summed E-state index contributed by atoms with van der Waals surface area (Å²) in [7, 11) is 0. The molecule has 6 heteroatoms. The summed E-state index contributed by atoms with van der Waals surface area (Å²) in [5.41, 5.74) is 4.77. The molecule has 1 fully saturated rings. The molecule has 0 saturated carbocycles. The molecule has 2 aliphatic rings. The molecule has 4 nitrogen and oxygen atoms in total. The van der Waals surface area contributed by atoms with E-state index in [1.165, 1.54) is 11.1 Å². The predicted molar refractivity (Wildman–Crippen MR) is 141 cm³/mol. The van der Waals surface area contributed by atoms with Gasteiger partial charge in [0.05, 0.1) is 6.10 Å². The van der Waals surface area contributed by atoms with Crippen molar-refractivity contribution in [1.82, 2.24) is 4.90 Å². The number of nitrogens with zero attached hydrogens (tertiary/aromatic N) is 1. The fourth-order valence-corrected chi connectivity index (χ4v) is 5.64. The first-order valence-electron chi connectivity index (χ1n) is 11.8. The summed E-state index contributed by atoms with van der Waals surface area (Å²) < 4.78 is 14.7. The van der Waals surface area contributed by atoms with Crippen LogP contribution in [0.5, 0.6) is 11.5 Å². The second-order valence-corrected chi connectivity index (χ2v) is 11.1. The summed E-state index contributed by atoms with van der Waals surface area (Å²) >= 11 is 6.99. The largest absolute Gasteiger partial charge is 0.485 e. The number of ether oxygens (including phenoxy) is 2. The Kier molecular flexibility index (Phi) is 7.30. The van der Waals surface area contributed by atoms with Crippen molar-refractivity contribution in [2.45, 2.75) is 57.6 Å². The van der Waals surface area contributed by atoms with E-state index in [4.69, 9.17) is 9.47 Å². The van der Waals surface area contributed by atoms with Gasteiger partial charge in [-0.15, -0.1) is 0 Å². The number of aliphatic hydroxyl groups excluding tert-OH is 1. The van der Waals surface area contributed by atoms with Crippen LogP contribution in [-0.4, -0.2) is 28.7 Å². The van der Waals surface area contributed by atoms with Crippen molar-refractivity contribution >= 4 is 31.9 Å². The first kappa shape index (κ1) is 23.9. The van der Waals surface area contributed by atoms with Gasteiger partial charge in [-0.1, -0.05) is 56.1 Å². The van der Waals surface area contributed by atoms with E-state index in [0.717, 1.165) is 57.4 Å². The van der Waals surface area contributed by atoms with E-state index < -0.39 is 0 Å². The van der Waals surface area contributed by atoms with E-state index in [1.807, 2.05) is 24.3 Å². The van der Waals surface area contributed by atoms with E-state index in [1.54, 1.807) is 0 Å². The third kappa shape index (κ3) is 5.35. The number of hydrogen-bond acceptors (Lipinski definition) is 4. The Hall–Kier alpha value is -1.86. The summed E-state index contributed by atoms with van der Waals surface area (Å²) in [5, 5.41) is 10.5. The highest BCUT2D eigenvalue weighted by molar-refractivity contribution is 9.10. The number of hydrogen-bond donors (Lipinski definition) is 1. The lowest BCUT2D eigenvalue weighted by Gasteiger charge is -2.46. The highest BCUT2D eigenvalue weighted by Gasteiger charge is 2.37. The zero-order chi connectivity index (χ0) is 23.7. The second-order valence-electron chi connectivity index (χ2n) is 9.31. The van der Waals surface area contributed by atoms with Crippen molar-refractivity contribution in [1.29, 1.82) is 0 Å². The van der Waals surface area contributed by atoms with Crippen LogP contribution in [0.4, 0.5) is 0 Å². The van der Waals surface area contributed by atoms with Crippen molar-refractivity contribution in [2.75, 3.05) is 6.54 Å². The van der Waals surface area contributed by atoms with Crippen molar-refractivity contribution in [3.63, 3.8) is 0 Å². The number of fused-ring (bicyclic) bond motifs is 3. The molecule has 0 aromatic heterocycles. The Balaban J connectivity index is 1.44. The SMILES string of the molecule is C[C@@H]1C[C@@H](O)C[C@H]2c3cc(OCc4ccc(Br)cc4)c(OCc4ccc(Br)cc4)cc3CCN12. The Morgan fingerprint density at radius 2 is 1.41 bits per heavy atom. The summed E-state index contributed by atoms with van der Waals surface area (Å²) in [5.74, 6) is 1.53. The maximum atomic E-state index is 10.5. The average Bonchev–Trinajstić information content (AvgIpc) is 2.83. The number of aliphatic hydroxyl groups is 1. The van der Waals surface area contributed by atoms with Crippen molar-refractivity contribution < 1.29 is 14.6 Å². The zero-order valence-corrected chi connectivity index (χ0v) is 22.4. The van der Waals surface area contributed by atoms with E-state index in [-0.39, 0.29) is 12.1 Å². The van der Waals surface area contributed by atoms with Gasteiger partial charge in [0.15, 0.2) is 11.5 Å². The minimum absolute atomic E-state index is 0.220. The van der Waals surface area contributed by atoms with Crippen LogP contribution in [0.3, 0.4) is 0 Å². The van der Waals surface area contributed by atoms with Crippen LogP contribution >= 0.6 is 31.9 Å². The normalized spacial score (nSPS) is 22.1. The lowest BCUT2D eigenvalue weighted by atomic mass is 9.83. The molecular formula is C28H29Br2NO3. The molecule has 0 amide bonds. The fourth-order valence-electron chi connectivity index (χ4n) is 5.11. The maximum Gasteiger partial charge on any atom is 0.162 e. The zero-order valence-electron chi connectivity index (χ0n) is 19.2. The van der Waals surface area contributed by atoms with Crippen LogP contribution < -0.4 is 9.47 Å². The molecule has 34 heavy (non-hydrogen) atoms. The van der Waals surface area contributed by atoms with Gasteiger partial charge in [0, 0.05) is 27.6 Å².